The van der Waals surface area contributed by atoms with E-state index in [0.29, 0.717) is 5.75 Å². The highest BCUT2D eigenvalue weighted by Gasteiger charge is 2.13. The van der Waals surface area contributed by atoms with Crippen molar-refractivity contribution >= 4 is 50.1 Å². The zero-order chi connectivity index (χ0) is 15.9. The number of aromatic nitrogens is 2. The van der Waals surface area contributed by atoms with Crippen LogP contribution in [-0.4, -0.2) is 28.4 Å². The number of carbonyl (C=O) groups is 1. The lowest BCUT2D eigenvalue weighted by molar-refractivity contribution is -0.119. The number of hydrogen-bond acceptors (Lipinski definition) is 6. The molecular weight excluding hydrogens is 384 g/mol. The van der Waals surface area contributed by atoms with Crippen LogP contribution in [0.5, 0.6) is 0 Å². The van der Waals surface area contributed by atoms with E-state index in [1.165, 1.54) is 23.1 Å². The number of carbonyl (C=O) groups excluding carboxylic acids is 1. The molecule has 0 fully saturated rings. The number of anilines is 1. The summed E-state index contributed by atoms with van der Waals surface area (Å²) in [6.07, 6.45) is 0. The minimum atomic E-state index is -0.0459. The summed E-state index contributed by atoms with van der Waals surface area (Å²) in [4.78, 5) is 12.0. The molecule has 0 aliphatic carbocycles. The summed E-state index contributed by atoms with van der Waals surface area (Å²) >= 11 is 6.36. The minimum Gasteiger partial charge on any atom is -0.360 e. The highest BCUT2D eigenvalue weighted by Crippen LogP contribution is 2.26. The Hall–Kier alpha value is -1.12. The third kappa shape index (κ3) is 4.96. The molecule has 0 saturated heterocycles. The molecule has 1 atom stereocenters. The third-order valence-electron chi connectivity index (χ3n) is 2.81. The van der Waals surface area contributed by atoms with Crippen LogP contribution in [0.3, 0.4) is 0 Å². The summed E-state index contributed by atoms with van der Waals surface area (Å²) in [5, 5.41) is 14.9. The van der Waals surface area contributed by atoms with Gasteiger partial charge in [0.25, 0.3) is 0 Å². The van der Waals surface area contributed by atoms with Crippen molar-refractivity contribution in [2.24, 2.45) is 0 Å². The fraction of sp³-hybridized carbons (Fsp3) is 0.357. The second kappa shape index (κ2) is 8.50. The number of benzene rings is 1. The van der Waals surface area contributed by atoms with Crippen molar-refractivity contribution in [1.29, 1.82) is 0 Å². The molecule has 0 radical (unpaired) electrons. The fourth-order valence-corrected chi connectivity index (χ4v) is 4.06. The molecule has 0 bridgehead atoms. The second-order valence-corrected chi connectivity index (χ2v) is 7.56. The van der Waals surface area contributed by atoms with E-state index in [0.717, 1.165) is 26.1 Å². The molecule has 8 heteroatoms. The Morgan fingerprint density at radius 2 is 2.18 bits per heavy atom. The number of thioether (sulfide) groups is 1. The van der Waals surface area contributed by atoms with E-state index in [9.17, 15) is 4.79 Å². The van der Waals surface area contributed by atoms with Gasteiger partial charge in [-0.1, -0.05) is 57.2 Å². The molecule has 0 aliphatic heterocycles. The first kappa shape index (κ1) is 17.2. The van der Waals surface area contributed by atoms with Crippen LogP contribution in [0.4, 0.5) is 5.13 Å². The standard InChI is InChI=1S/C14H17BrN4OS2/c1-3-16-13-18-19-14(22-13)21-8-12(20)17-9(2)10-6-4-5-7-11(10)15/h4-7,9H,3,8H2,1-2H3,(H,16,18)(H,17,20)/t9-/m1/s1. The fourth-order valence-electron chi connectivity index (χ4n) is 1.81. The molecule has 22 heavy (non-hydrogen) atoms. The van der Waals surface area contributed by atoms with Crippen LogP contribution in [0.25, 0.3) is 0 Å². The number of hydrogen-bond donors (Lipinski definition) is 2. The Kier molecular flexibility index (Phi) is 6.66. The first-order valence-corrected chi connectivity index (χ1v) is 9.43. The van der Waals surface area contributed by atoms with Crippen molar-refractivity contribution < 1.29 is 4.79 Å². The maximum Gasteiger partial charge on any atom is 0.230 e. The molecule has 1 aromatic carbocycles. The first-order chi connectivity index (χ1) is 10.6. The van der Waals surface area contributed by atoms with Gasteiger partial charge in [0, 0.05) is 11.0 Å². The zero-order valence-corrected chi connectivity index (χ0v) is 15.5. The van der Waals surface area contributed by atoms with E-state index < -0.39 is 0 Å². The van der Waals surface area contributed by atoms with Gasteiger partial charge in [0.05, 0.1) is 11.8 Å². The van der Waals surface area contributed by atoms with E-state index in [-0.39, 0.29) is 11.9 Å². The van der Waals surface area contributed by atoms with Gasteiger partial charge in [-0.2, -0.15) is 0 Å². The molecule has 1 amide bonds. The van der Waals surface area contributed by atoms with Gasteiger partial charge in [-0.15, -0.1) is 10.2 Å². The molecule has 2 N–H and O–H groups in total. The van der Waals surface area contributed by atoms with Crippen LogP contribution < -0.4 is 10.6 Å². The van der Waals surface area contributed by atoms with Crippen LogP contribution in [0.2, 0.25) is 0 Å². The van der Waals surface area contributed by atoms with Gasteiger partial charge in [-0.3, -0.25) is 4.79 Å². The van der Waals surface area contributed by atoms with Crippen LogP contribution in [0, 0.1) is 0 Å². The zero-order valence-electron chi connectivity index (χ0n) is 12.3. The van der Waals surface area contributed by atoms with Crippen molar-refractivity contribution in [2.75, 3.05) is 17.6 Å². The van der Waals surface area contributed by atoms with E-state index in [4.69, 9.17) is 0 Å². The molecule has 118 valence electrons. The number of rotatable bonds is 7. The minimum absolute atomic E-state index is 0.0200. The van der Waals surface area contributed by atoms with E-state index in [1.54, 1.807) is 0 Å². The molecule has 2 rings (SSSR count). The Morgan fingerprint density at radius 1 is 1.41 bits per heavy atom. The number of amides is 1. The highest BCUT2D eigenvalue weighted by molar-refractivity contribution is 9.10. The third-order valence-corrected chi connectivity index (χ3v) is 5.55. The molecule has 0 saturated carbocycles. The summed E-state index contributed by atoms with van der Waals surface area (Å²) in [6, 6.07) is 7.83. The number of nitrogens with zero attached hydrogens (tertiary/aromatic N) is 2. The van der Waals surface area contributed by atoms with E-state index in [2.05, 4.69) is 36.8 Å². The Bertz CT molecular complexity index is 635. The topological polar surface area (TPSA) is 66.9 Å². The van der Waals surface area contributed by atoms with Gasteiger partial charge in [0.15, 0.2) is 4.34 Å². The molecule has 0 aliphatic rings. The first-order valence-electron chi connectivity index (χ1n) is 6.84. The number of nitrogens with one attached hydrogen (secondary N) is 2. The van der Waals surface area contributed by atoms with Crippen molar-refractivity contribution in [3.63, 3.8) is 0 Å². The average Bonchev–Trinajstić information content (AvgIpc) is 2.93. The van der Waals surface area contributed by atoms with Gasteiger partial charge in [-0.25, -0.2) is 0 Å². The van der Waals surface area contributed by atoms with E-state index in [1.807, 2.05) is 38.1 Å². The Balaban J connectivity index is 1.83. The summed E-state index contributed by atoms with van der Waals surface area (Å²) < 4.78 is 1.79. The maximum absolute atomic E-state index is 12.0. The van der Waals surface area contributed by atoms with Crippen LogP contribution in [0.15, 0.2) is 33.1 Å². The SMILES string of the molecule is CCNc1nnc(SCC(=O)N[C@H](C)c2ccccc2Br)s1. The van der Waals surface area contributed by atoms with Crippen molar-refractivity contribution in [2.45, 2.75) is 24.2 Å². The summed E-state index contributed by atoms with van der Waals surface area (Å²) in [7, 11) is 0. The molecule has 0 spiro atoms. The van der Waals surface area contributed by atoms with Gasteiger partial charge in [-0.05, 0) is 25.5 Å². The van der Waals surface area contributed by atoms with Gasteiger partial charge >= 0.3 is 0 Å². The highest BCUT2D eigenvalue weighted by atomic mass is 79.9. The van der Waals surface area contributed by atoms with Gasteiger partial charge in [0.1, 0.15) is 0 Å². The van der Waals surface area contributed by atoms with Crippen molar-refractivity contribution in [1.82, 2.24) is 15.5 Å². The van der Waals surface area contributed by atoms with Crippen molar-refractivity contribution in [3.8, 4) is 0 Å². The molecular formula is C14H17BrN4OS2. The largest absolute Gasteiger partial charge is 0.360 e. The number of halogens is 1. The Morgan fingerprint density at radius 3 is 2.91 bits per heavy atom. The lowest BCUT2D eigenvalue weighted by Gasteiger charge is -2.15. The molecule has 0 unspecified atom stereocenters. The maximum atomic E-state index is 12.0. The summed E-state index contributed by atoms with van der Waals surface area (Å²) in [5.74, 6) is 0.309. The van der Waals surface area contributed by atoms with Crippen LogP contribution in [-0.2, 0) is 4.79 Å². The molecule has 1 heterocycles. The Labute approximate surface area is 146 Å². The van der Waals surface area contributed by atoms with Gasteiger partial charge < -0.3 is 10.6 Å². The normalized spacial score (nSPS) is 12.0. The predicted octanol–water partition coefficient (Wildman–Crippen LogP) is 3.70. The summed E-state index contributed by atoms with van der Waals surface area (Å²) in [5.41, 5.74) is 1.06. The smallest absolute Gasteiger partial charge is 0.230 e. The van der Waals surface area contributed by atoms with Crippen LogP contribution >= 0.6 is 39.0 Å². The lowest BCUT2D eigenvalue weighted by Crippen LogP contribution is -2.28. The molecule has 2 aromatic rings. The monoisotopic (exact) mass is 400 g/mol. The van der Waals surface area contributed by atoms with Crippen LogP contribution in [0.1, 0.15) is 25.5 Å². The summed E-state index contributed by atoms with van der Waals surface area (Å²) in [6.45, 7) is 4.78. The van der Waals surface area contributed by atoms with Gasteiger partial charge in [0.2, 0.25) is 11.0 Å². The van der Waals surface area contributed by atoms with E-state index >= 15 is 0 Å². The predicted molar refractivity (Wildman–Crippen MR) is 95.5 cm³/mol. The lowest BCUT2D eigenvalue weighted by atomic mass is 10.1. The molecule has 5 nitrogen and oxygen atoms in total. The molecule has 1 aromatic heterocycles. The van der Waals surface area contributed by atoms with Crippen molar-refractivity contribution in [3.05, 3.63) is 34.3 Å². The quantitative estimate of drug-likeness (QED) is 0.693. The average molecular weight is 401 g/mol. The second-order valence-electron chi connectivity index (χ2n) is 4.50.